The molecule has 1 amide bonds. The van der Waals surface area contributed by atoms with Crippen molar-refractivity contribution in [3.05, 3.63) is 48.0 Å². The van der Waals surface area contributed by atoms with E-state index in [-0.39, 0.29) is 35.8 Å². The van der Waals surface area contributed by atoms with Gasteiger partial charge in [0.25, 0.3) is 0 Å². The van der Waals surface area contributed by atoms with Crippen LogP contribution in [-0.2, 0) is 4.79 Å². The zero-order valence-corrected chi connectivity index (χ0v) is 15.2. The fourth-order valence-corrected chi connectivity index (χ4v) is 3.66. The number of hydrogen-bond acceptors (Lipinski definition) is 2. The number of halogens is 1. The maximum Gasteiger partial charge on any atom is 0.225 e. The van der Waals surface area contributed by atoms with Gasteiger partial charge in [0, 0.05) is 5.54 Å². The lowest BCUT2D eigenvalue weighted by molar-refractivity contribution is -0.128. The first-order chi connectivity index (χ1) is 11.0. The van der Waals surface area contributed by atoms with E-state index in [0.29, 0.717) is 0 Å². The third-order valence-electron chi connectivity index (χ3n) is 5.20. The van der Waals surface area contributed by atoms with Crippen molar-refractivity contribution in [3.63, 3.8) is 0 Å². The van der Waals surface area contributed by atoms with Crippen LogP contribution in [0, 0.1) is 5.92 Å². The molecule has 0 radical (unpaired) electrons. The number of fused-ring (bicyclic) bond motifs is 1. The lowest BCUT2D eigenvalue weighted by atomic mass is 9.74. The van der Waals surface area contributed by atoms with Gasteiger partial charge < -0.3 is 11.1 Å². The van der Waals surface area contributed by atoms with Crippen LogP contribution in [0.25, 0.3) is 10.8 Å². The highest BCUT2D eigenvalue weighted by molar-refractivity contribution is 5.85. The molecule has 24 heavy (non-hydrogen) atoms. The smallest absolute Gasteiger partial charge is 0.225 e. The fourth-order valence-electron chi connectivity index (χ4n) is 3.66. The molecular weight excluding hydrogens is 320 g/mol. The van der Waals surface area contributed by atoms with E-state index in [1.165, 1.54) is 10.8 Å². The first-order valence-electron chi connectivity index (χ1n) is 8.55. The van der Waals surface area contributed by atoms with Crippen LogP contribution in [0.2, 0.25) is 0 Å². The third kappa shape index (κ3) is 3.90. The van der Waals surface area contributed by atoms with Crippen molar-refractivity contribution in [3.8, 4) is 0 Å². The molecule has 1 fully saturated rings. The lowest BCUT2D eigenvalue weighted by Gasteiger charge is -2.37. The average Bonchev–Trinajstić information content (AvgIpc) is 2.53. The van der Waals surface area contributed by atoms with Crippen LogP contribution in [0.4, 0.5) is 0 Å². The molecular formula is C20H27ClN2O. The molecule has 3 atom stereocenters. The van der Waals surface area contributed by atoms with Crippen molar-refractivity contribution in [2.24, 2.45) is 11.7 Å². The summed E-state index contributed by atoms with van der Waals surface area (Å²) in [6, 6.07) is 14.6. The minimum absolute atomic E-state index is 0. The number of nitrogens with one attached hydrogen (secondary N) is 1. The molecule has 1 aliphatic carbocycles. The summed E-state index contributed by atoms with van der Waals surface area (Å²) in [5, 5.41) is 5.59. The van der Waals surface area contributed by atoms with Crippen molar-refractivity contribution in [1.29, 1.82) is 0 Å². The molecule has 0 spiro atoms. The van der Waals surface area contributed by atoms with Crippen molar-refractivity contribution in [2.45, 2.75) is 51.1 Å². The summed E-state index contributed by atoms with van der Waals surface area (Å²) >= 11 is 0. The predicted molar refractivity (Wildman–Crippen MR) is 102 cm³/mol. The Morgan fingerprint density at radius 3 is 2.62 bits per heavy atom. The van der Waals surface area contributed by atoms with Crippen LogP contribution in [-0.4, -0.2) is 11.4 Å². The second-order valence-electron chi connectivity index (χ2n) is 7.14. The normalized spacial score (nSPS) is 24.9. The topological polar surface area (TPSA) is 55.1 Å². The molecule has 130 valence electrons. The average molecular weight is 347 g/mol. The minimum Gasteiger partial charge on any atom is -0.349 e. The van der Waals surface area contributed by atoms with Gasteiger partial charge in [-0.15, -0.1) is 12.4 Å². The van der Waals surface area contributed by atoms with Gasteiger partial charge in [-0.2, -0.15) is 0 Å². The maximum atomic E-state index is 12.7. The van der Waals surface area contributed by atoms with E-state index in [1.807, 2.05) is 26.0 Å². The standard InChI is InChI=1S/C20H26N2O.ClH/c1-14(16-11-10-15-7-3-4-8-17(15)13-16)22-19(23)18-9-5-6-12-20(18,2)21;/h3-4,7-8,10-11,13-14,18H,5-6,9,12,21H2,1-2H3,(H,22,23);1H. The Kier molecular flexibility index (Phi) is 5.89. The molecule has 3 rings (SSSR count). The van der Waals surface area contributed by atoms with Gasteiger partial charge in [-0.25, -0.2) is 0 Å². The lowest BCUT2D eigenvalue weighted by Crippen LogP contribution is -2.53. The van der Waals surface area contributed by atoms with Crippen LogP contribution >= 0.6 is 12.4 Å². The van der Waals surface area contributed by atoms with Gasteiger partial charge in [0.15, 0.2) is 0 Å². The largest absolute Gasteiger partial charge is 0.349 e. The van der Waals surface area contributed by atoms with Gasteiger partial charge in [-0.3, -0.25) is 4.79 Å². The van der Waals surface area contributed by atoms with E-state index in [9.17, 15) is 4.79 Å². The van der Waals surface area contributed by atoms with Gasteiger partial charge in [-0.1, -0.05) is 49.2 Å². The number of hydrogen-bond donors (Lipinski definition) is 2. The second-order valence-corrected chi connectivity index (χ2v) is 7.14. The number of nitrogens with two attached hydrogens (primary N) is 1. The molecule has 3 unspecified atom stereocenters. The Morgan fingerprint density at radius 2 is 1.92 bits per heavy atom. The Labute approximate surface area is 150 Å². The molecule has 2 aromatic rings. The van der Waals surface area contributed by atoms with E-state index in [4.69, 9.17) is 5.73 Å². The number of amides is 1. The third-order valence-corrected chi connectivity index (χ3v) is 5.20. The number of carbonyl (C=O) groups is 1. The Hall–Kier alpha value is -1.58. The zero-order valence-electron chi connectivity index (χ0n) is 14.4. The van der Waals surface area contributed by atoms with Crippen molar-refractivity contribution < 1.29 is 4.79 Å². The highest BCUT2D eigenvalue weighted by Crippen LogP contribution is 2.32. The summed E-state index contributed by atoms with van der Waals surface area (Å²) < 4.78 is 0. The van der Waals surface area contributed by atoms with Crippen LogP contribution in [0.15, 0.2) is 42.5 Å². The van der Waals surface area contributed by atoms with Crippen molar-refractivity contribution in [1.82, 2.24) is 5.32 Å². The van der Waals surface area contributed by atoms with Gasteiger partial charge in [0.05, 0.1) is 12.0 Å². The van der Waals surface area contributed by atoms with E-state index in [0.717, 1.165) is 31.2 Å². The molecule has 1 saturated carbocycles. The summed E-state index contributed by atoms with van der Waals surface area (Å²) in [6.45, 7) is 4.05. The van der Waals surface area contributed by atoms with Crippen LogP contribution in [0.5, 0.6) is 0 Å². The number of rotatable bonds is 3. The predicted octanol–water partition coefficient (Wildman–Crippen LogP) is 4.35. The first-order valence-corrected chi connectivity index (χ1v) is 8.55. The SMILES string of the molecule is CC(NC(=O)C1CCCCC1(C)N)c1ccc2ccccc2c1.Cl. The Morgan fingerprint density at radius 1 is 1.21 bits per heavy atom. The molecule has 1 aliphatic rings. The van der Waals surface area contributed by atoms with Crippen molar-refractivity contribution in [2.75, 3.05) is 0 Å². The molecule has 0 saturated heterocycles. The van der Waals surface area contributed by atoms with Crippen molar-refractivity contribution >= 4 is 29.1 Å². The molecule has 0 aromatic heterocycles. The number of carbonyl (C=O) groups excluding carboxylic acids is 1. The summed E-state index contributed by atoms with van der Waals surface area (Å²) in [4.78, 5) is 12.7. The monoisotopic (exact) mass is 346 g/mol. The second kappa shape index (κ2) is 7.54. The van der Waals surface area contributed by atoms with Gasteiger partial charge in [-0.05, 0) is 49.1 Å². The van der Waals surface area contributed by atoms with Crippen LogP contribution in [0.3, 0.4) is 0 Å². The molecule has 3 nitrogen and oxygen atoms in total. The number of benzene rings is 2. The zero-order chi connectivity index (χ0) is 16.4. The summed E-state index contributed by atoms with van der Waals surface area (Å²) in [6.07, 6.45) is 4.03. The summed E-state index contributed by atoms with van der Waals surface area (Å²) in [5.74, 6) is 0.00881. The molecule has 0 heterocycles. The minimum atomic E-state index is -0.383. The molecule has 0 aliphatic heterocycles. The maximum absolute atomic E-state index is 12.7. The van der Waals surface area contributed by atoms with Gasteiger partial charge >= 0.3 is 0 Å². The summed E-state index contributed by atoms with van der Waals surface area (Å²) in [5.41, 5.74) is 7.10. The van der Waals surface area contributed by atoms with E-state index >= 15 is 0 Å². The van der Waals surface area contributed by atoms with E-state index in [2.05, 4.69) is 35.6 Å². The fraction of sp³-hybridized carbons (Fsp3) is 0.450. The molecule has 3 N–H and O–H groups in total. The highest BCUT2D eigenvalue weighted by Gasteiger charge is 2.38. The Bertz CT molecular complexity index is 714. The van der Waals surface area contributed by atoms with Gasteiger partial charge in [0.1, 0.15) is 0 Å². The molecule has 0 bridgehead atoms. The van der Waals surface area contributed by atoms with Crippen LogP contribution in [0.1, 0.15) is 51.1 Å². The van der Waals surface area contributed by atoms with Crippen LogP contribution < -0.4 is 11.1 Å². The quantitative estimate of drug-likeness (QED) is 0.868. The summed E-state index contributed by atoms with van der Waals surface area (Å²) in [7, 11) is 0. The van der Waals surface area contributed by atoms with E-state index < -0.39 is 0 Å². The first kappa shape index (κ1) is 18.8. The molecule has 2 aromatic carbocycles. The van der Waals surface area contributed by atoms with Gasteiger partial charge in [0.2, 0.25) is 5.91 Å². The molecule has 4 heteroatoms. The van der Waals surface area contributed by atoms with E-state index in [1.54, 1.807) is 0 Å². The Balaban J connectivity index is 0.00000208. The highest BCUT2D eigenvalue weighted by atomic mass is 35.5.